The number of benzene rings is 2. The van der Waals surface area contributed by atoms with Gasteiger partial charge in [-0.25, -0.2) is 4.98 Å². The Morgan fingerprint density at radius 1 is 1.14 bits per heavy atom. The maximum absolute atomic E-state index is 13.5. The Hall–Kier alpha value is -3.73. The summed E-state index contributed by atoms with van der Waals surface area (Å²) in [6, 6.07) is 7.87. The second kappa shape index (κ2) is 9.73. The van der Waals surface area contributed by atoms with Crippen molar-refractivity contribution in [1.82, 2.24) is 9.97 Å². The fourth-order valence-corrected chi connectivity index (χ4v) is 4.20. The van der Waals surface area contributed by atoms with E-state index in [1.54, 1.807) is 6.07 Å². The number of anilines is 3. The molecule has 1 saturated heterocycles. The van der Waals surface area contributed by atoms with Crippen molar-refractivity contribution in [2.24, 2.45) is 0 Å². The lowest BCUT2D eigenvalue weighted by atomic mass is 10.1. The SMILES string of the molecule is O=C(Nc1cc(N2CCCC2)cc(C(F)(F)F)c1)c1ccc(Cl)c(Oc2ncnc3c2OCCN3)c1. The van der Waals surface area contributed by atoms with Gasteiger partial charge in [0, 0.05) is 30.0 Å². The number of rotatable bonds is 5. The lowest BCUT2D eigenvalue weighted by molar-refractivity contribution is -0.137. The lowest BCUT2D eigenvalue weighted by Crippen LogP contribution is -2.20. The van der Waals surface area contributed by atoms with Crippen LogP contribution in [0.15, 0.2) is 42.7 Å². The van der Waals surface area contributed by atoms with Gasteiger partial charge < -0.3 is 25.0 Å². The number of hydrogen-bond donors (Lipinski definition) is 2. The molecule has 1 aromatic heterocycles. The number of alkyl halides is 3. The third kappa shape index (κ3) is 5.11. The van der Waals surface area contributed by atoms with Crippen molar-refractivity contribution in [2.45, 2.75) is 19.0 Å². The molecule has 8 nitrogen and oxygen atoms in total. The summed E-state index contributed by atoms with van der Waals surface area (Å²) < 4.78 is 52.0. The van der Waals surface area contributed by atoms with Gasteiger partial charge in [-0.3, -0.25) is 4.79 Å². The van der Waals surface area contributed by atoms with Crippen molar-refractivity contribution in [3.8, 4) is 17.4 Å². The molecular formula is C24H21ClF3N5O3. The molecular weight excluding hydrogens is 499 g/mol. The fraction of sp³-hybridized carbons (Fsp3) is 0.292. The van der Waals surface area contributed by atoms with Crippen molar-refractivity contribution in [3.05, 3.63) is 58.9 Å². The summed E-state index contributed by atoms with van der Waals surface area (Å²) >= 11 is 6.27. The zero-order chi connectivity index (χ0) is 25.3. The van der Waals surface area contributed by atoms with Crippen LogP contribution in [0.2, 0.25) is 5.02 Å². The first kappa shape index (κ1) is 24.0. The molecule has 0 saturated carbocycles. The molecule has 0 bridgehead atoms. The summed E-state index contributed by atoms with van der Waals surface area (Å²) in [6.45, 7) is 2.30. The largest absolute Gasteiger partial charge is 0.483 e. The Labute approximate surface area is 209 Å². The van der Waals surface area contributed by atoms with E-state index in [1.165, 1.54) is 24.5 Å². The zero-order valence-corrected chi connectivity index (χ0v) is 19.6. The average Bonchev–Trinajstić information content (AvgIpc) is 3.40. The minimum atomic E-state index is -4.55. The summed E-state index contributed by atoms with van der Waals surface area (Å²) in [5.74, 6) is 0.398. The second-order valence-corrected chi connectivity index (χ2v) is 8.70. The number of nitrogens with zero attached hydrogens (tertiary/aromatic N) is 3. The molecule has 0 aliphatic carbocycles. The number of halogens is 4. The van der Waals surface area contributed by atoms with E-state index in [0.29, 0.717) is 43.5 Å². The first-order valence-corrected chi connectivity index (χ1v) is 11.6. The molecule has 2 N–H and O–H groups in total. The molecule has 12 heteroatoms. The Balaban J connectivity index is 1.40. The van der Waals surface area contributed by atoms with Crippen LogP contribution in [0.5, 0.6) is 17.4 Å². The van der Waals surface area contributed by atoms with Crippen molar-refractivity contribution < 1.29 is 27.4 Å². The standard InChI is InChI=1S/C24H21ClF3N5O3/c25-18-4-3-14(9-19(18)36-23-20-21(30-13-31-23)29-5-8-35-20)22(34)32-16-10-15(24(26,27)28)11-17(12-16)33-6-1-2-7-33/h3-4,9-13H,1-2,5-8H2,(H,32,34)(H,29,30,31). The highest BCUT2D eigenvalue weighted by Crippen LogP contribution is 2.39. The summed E-state index contributed by atoms with van der Waals surface area (Å²) in [6.07, 6.45) is -1.44. The van der Waals surface area contributed by atoms with Crippen LogP contribution in [0.3, 0.4) is 0 Å². The van der Waals surface area contributed by atoms with Crippen LogP contribution in [0.25, 0.3) is 0 Å². The van der Waals surface area contributed by atoms with Gasteiger partial charge in [-0.2, -0.15) is 18.2 Å². The molecule has 36 heavy (non-hydrogen) atoms. The van der Waals surface area contributed by atoms with Crippen LogP contribution in [-0.4, -0.2) is 42.1 Å². The number of carbonyl (C=O) groups is 1. The van der Waals surface area contributed by atoms with Gasteiger partial charge in [0.1, 0.15) is 18.7 Å². The molecule has 0 unspecified atom stereocenters. The monoisotopic (exact) mass is 519 g/mol. The highest BCUT2D eigenvalue weighted by molar-refractivity contribution is 6.32. The van der Waals surface area contributed by atoms with Crippen molar-refractivity contribution in [2.75, 3.05) is 41.8 Å². The molecule has 0 radical (unpaired) electrons. The number of amides is 1. The van der Waals surface area contributed by atoms with Gasteiger partial charge in [-0.1, -0.05) is 11.6 Å². The number of ether oxygens (including phenoxy) is 2. The quantitative estimate of drug-likeness (QED) is 0.454. The fourth-order valence-electron chi connectivity index (χ4n) is 4.04. The first-order chi connectivity index (χ1) is 17.3. The highest BCUT2D eigenvalue weighted by atomic mass is 35.5. The van der Waals surface area contributed by atoms with Crippen molar-refractivity contribution in [1.29, 1.82) is 0 Å². The number of hydrogen-bond acceptors (Lipinski definition) is 7. The lowest BCUT2D eigenvalue weighted by Gasteiger charge is -2.21. The molecule has 2 aromatic carbocycles. The molecule has 188 valence electrons. The van der Waals surface area contributed by atoms with Gasteiger partial charge in [-0.05, 0) is 49.2 Å². The molecule has 0 atom stereocenters. The van der Waals surface area contributed by atoms with E-state index in [0.717, 1.165) is 25.0 Å². The zero-order valence-electron chi connectivity index (χ0n) is 18.9. The normalized spacial score (nSPS) is 15.1. The minimum absolute atomic E-state index is 0.0403. The number of carbonyl (C=O) groups excluding carboxylic acids is 1. The first-order valence-electron chi connectivity index (χ1n) is 11.3. The molecule has 5 rings (SSSR count). The van der Waals surface area contributed by atoms with E-state index in [-0.39, 0.29) is 27.9 Å². The smallest absolute Gasteiger partial charge is 0.416 e. The Kier molecular flexibility index (Phi) is 6.48. The third-order valence-corrected chi connectivity index (χ3v) is 6.10. The highest BCUT2D eigenvalue weighted by Gasteiger charge is 2.32. The summed E-state index contributed by atoms with van der Waals surface area (Å²) in [5.41, 5.74) is -0.237. The molecule has 1 amide bonds. The van der Waals surface area contributed by atoms with Gasteiger partial charge in [0.2, 0.25) is 5.75 Å². The minimum Gasteiger partial charge on any atom is -0.483 e. The van der Waals surface area contributed by atoms with E-state index < -0.39 is 17.6 Å². The molecule has 1 fully saturated rings. The van der Waals surface area contributed by atoms with Crippen LogP contribution in [0, 0.1) is 0 Å². The van der Waals surface area contributed by atoms with Gasteiger partial charge >= 0.3 is 6.18 Å². The van der Waals surface area contributed by atoms with E-state index in [1.807, 2.05) is 4.90 Å². The molecule has 3 aromatic rings. The maximum atomic E-state index is 13.5. The van der Waals surface area contributed by atoms with E-state index in [4.69, 9.17) is 21.1 Å². The van der Waals surface area contributed by atoms with E-state index in [9.17, 15) is 18.0 Å². The Bertz CT molecular complexity index is 1300. The maximum Gasteiger partial charge on any atom is 0.416 e. The predicted molar refractivity (Wildman–Crippen MR) is 128 cm³/mol. The molecule has 2 aliphatic heterocycles. The summed E-state index contributed by atoms with van der Waals surface area (Å²) in [4.78, 5) is 23.0. The number of aromatic nitrogens is 2. The number of nitrogens with one attached hydrogen (secondary N) is 2. The molecule has 2 aliphatic rings. The van der Waals surface area contributed by atoms with Crippen LogP contribution in [0.4, 0.5) is 30.4 Å². The number of fused-ring (bicyclic) bond motifs is 1. The van der Waals surface area contributed by atoms with Crippen molar-refractivity contribution >= 4 is 34.7 Å². The Morgan fingerprint density at radius 3 is 2.72 bits per heavy atom. The van der Waals surface area contributed by atoms with Crippen LogP contribution in [0.1, 0.15) is 28.8 Å². The van der Waals surface area contributed by atoms with Gasteiger partial charge in [-0.15, -0.1) is 0 Å². The van der Waals surface area contributed by atoms with Crippen LogP contribution >= 0.6 is 11.6 Å². The third-order valence-electron chi connectivity index (χ3n) is 5.79. The average molecular weight is 520 g/mol. The van der Waals surface area contributed by atoms with Gasteiger partial charge in [0.05, 0.1) is 17.1 Å². The van der Waals surface area contributed by atoms with Gasteiger partial charge in [0.25, 0.3) is 11.8 Å². The van der Waals surface area contributed by atoms with Crippen LogP contribution in [-0.2, 0) is 6.18 Å². The predicted octanol–water partition coefficient (Wildman–Crippen LogP) is 5.60. The van der Waals surface area contributed by atoms with E-state index in [2.05, 4.69) is 20.6 Å². The van der Waals surface area contributed by atoms with Crippen LogP contribution < -0.4 is 25.0 Å². The molecule has 0 spiro atoms. The Morgan fingerprint density at radius 2 is 1.94 bits per heavy atom. The van der Waals surface area contributed by atoms with Gasteiger partial charge in [0.15, 0.2) is 5.82 Å². The van der Waals surface area contributed by atoms with Crippen molar-refractivity contribution in [3.63, 3.8) is 0 Å². The second-order valence-electron chi connectivity index (χ2n) is 8.29. The topological polar surface area (TPSA) is 88.6 Å². The van der Waals surface area contributed by atoms with E-state index >= 15 is 0 Å². The summed E-state index contributed by atoms with van der Waals surface area (Å²) in [5, 5.41) is 5.84. The molecule has 3 heterocycles. The summed E-state index contributed by atoms with van der Waals surface area (Å²) in [7, 11) is 0.